The lowest BCUT2D eigenvalue weighted by atomic mass is 10.1. The number of hydrogen-bond donors (Lipinski definition) is 1. The highest BCUT2D eigenvalue weighted by molar-refractivity contribution is 5.97. The second-order valence-corrected chi connectivity index (χ2v) is 5.74. The van der Waals surface area contributed by atoms with Crippen LogP contribution in [0.4, 0.5) is 8.78 Å². The summed E-state index contributed by atoms with van der Waals surface area (Å²) in [6, 6.07) is 15.6. The van der Waals surface area contributed by atoms with E-state index in [0.29, 0.717) is 11.3 Å². The molecule has 3 aromatic rings. The van der Waals surface area contributed by atoms with Crippen molar-refractivity contribution in [2.24, 2.45) is 0 Å². The number of benzene rings is 3. The van der Waals surface area contributed by atoms with Crippen LogP contribution in [0.25, 0.3) is 0 Å². The number of ether oxygens (including phenoxy) is 1. The Morgan fingerprint density at radius 3 is 2.26 bits per heavy atom. The van der Waals surface area contributed by atoms with Gasteiger partial charge in [0.1, 0.15) is 29.4 Å². The molecule has 1 N–H and O–H groups in total. The minimum atomic E-state index is -0.582. The van der Waals surface area contributed by atoms with Crippen molar-refractivity contribution in [3.8, 4) is 11.5 Å². The molecular formula is C21H15F2NO3. The third kappa shape index (κ3) is 4.76. The van der Waals surface area contributed by atoms with E-state index < -0.39 is 17.5 Å². The maximum atomic E-state index is 13.6. The summed E-state index contributed by atoms with van der Waals surface area (Å²) < 4.78 is 32.2. The van der Waals surface area contributed by atoms with Gasteiger partial charge in [0.25, 0.3) is 5.91 Å². The molecule has 0 bridgehead atoms. The summed E-state index contributed by atoms with van der Waals surface area (Å²) in [5.41, 5.74) is 1.33. The van der Waals surface area contributed by atoms with Gasteiger partial charge in [-0.15, -0.1) is 0 Å². The van der Waals surface area contributed by atoms with E-state index in [1.54, 1.807) is 24.3 Å². The van der Waals surface area contributed by atoms with Crippen molar-refractivity contribution in [2.75, 3.05) is 0 Å². The van der Waals surface area contributed by atoms with Gasteiger partial charge in [-0.2, -0.15) is 0 Å². The third-order valence-electron chi connectivity index (χ3n) is 3.80. The predicted octanol–water partition coefficient (Wildman–Crippen LogP) is 4.50. The van der Waals surface area contributed by atoms with Gasteiger partial charge in [-0.05, 0) is 48.0 Å². The van der Waals surface area contributed by atoms with Crippen LogP contribution in [-0.2, 0) is 6.54 Å². The molecule has 3 aromatic carbocycles. The van der Waals surface area contributed by atoms with Crippen molar-refractivity contribution in [3.05, 3.63) is 95.1 Å². The molecule has 0 fully saturated rings. The summed E-state index contributed by atoms with van der Waals surface area (Å²) in [7, 11) is 0. The van der Waals surface area contributed by atoms with E-state index in [9.17, 15) is 18.4 Å². The second kappa shape index (κ2) is 8.23. The van der Waals surface area contributed by atoms with Crippen molar-refractivity contribution in [2.45, 2.75) is 6.54 Å². The van der Waals surface area contributed by atoms with Crippen LogP contribution >= 0.6 is 0 Å². The van der Waals surface area contributed by atoms with E-state index in [2.05, 4.69) is 5.32 Å². The fraction of sp³-hybridized carbons (Fsp3) is 0.0476. The Morgan fingerprint density at radius 1 is 0.926 bits per heavy atom. The standard InChI is InChI=1S/C21H15F2NO3/c22-16-5-8-18(9-6-16)27-20-10-7-17(23)11-19(20)21(26)24-12-14-1-3-15(13-25)4-2-14/h1-11,13H,12H2,(H,24,26). The lowest BCUT2D eigenvalue weighted by Gasteiger charge is -2.12. The molecule has 0 unspecified atom stereocenters. The zero-order valence-corrected chi connectivity index (χ0v) is 14.1. The van der Waals surface area contributed by atoms with Crippen LogP contribution in [0.3, 0.4) is 0 Å². The molecule has 0 spiro atoms. The van der Waals surface area contributed by atoms with E-state index in [1.165, 1.54) is 36.4 Å². The van der Waals surface area contributed by atoms with E-state index >= 15 is 0 Å². The fourth-order valence-corrected chi connectivity index (χ4v) is 2.39. The van der Waals surface area contributed by atoms with Crippen LogP contribution in [0.5, 0.6) is 11.5 Å². The van der Waals surface area contributed by atoms with Gasteiger partial charge in [-0.3, -0.25) is 9.59 Å². The van der Waals surface area contributed by atoms with Crippen molar-refractivity contribution < 1.29 is 23.1 Å². The van der Waals surface area contributed by atoms with Gasteiger partial charge < -0.3 is 10.1 Å². The minimum Gasteiger partial charge on any atom is -0.457 e. The quantitative estimate of drug-likeness (QED) is 0.653. The number of hydrogen-bond acceptors (Lipinski definition) is 3. The van der Waals surface area contributed by atoms with E-state index in [-0.39, 0.29) is 17.9 Å². The molecule has 0 saturated carbocycles. The number of carbonyl (C=O) groups excluding carboxylic acids is 2. The maximum Gasteiger partial charge on any atom is 0.255 e. The Labute approximate surface area is 154 Å². The molecule has 0 radical (unpaired) electrons. The number of aldehydes is 1. The number of halogens is 2. The zero-order chi connectivity index (χ0) is 19.2. The van der Waals surface area contributed by atoms with Gasteiger partial charge in [-0.25, -0.2) is 8.78 Å². The zero-order valence-electron chi connectivity index (χ0n) is 14.1. The number of nitrogens with one attached hydrogen (secondary N) is 1. The monoisotopic (exact) mass is 367 g/mol. The lowest BCUT2D eigenvalue weighted by molar-refractivity contribution is 0.0947. The van der Waals surface area contributed by atoms with E-state index in [0.717, 1.165) is 17.9 Å². The molecular weight excluding hydrogens is 352 g/mol. The Balaban J connectivity index is 1.75. The van der Waals surface area contributed by atoms with Crippen molar-refractivity contribution >= 4 is 12.2 Å². The van der Waals surface area contributed by atoms with Gasteiger partial charge in [-0.1, -0.05) is 24.3 Å². The van der Waals surface area contributed by atoms with Gasteiger partial charge >= 0.3 is 0 Å². The summed E-state index contributed by atoms with van der Waals surface area (Å²) in [4.78, 5) is 23.2. The molecule has 3 rings (SSSR count). The third-order valence-corrected chi connectivity index (χ3v) is 3.80. The first kappa shape index (κ1) is 18.3. The molecule has 0 aliphatic heterocycles. The second-order valence-electron chi connectivity index (χ2n) is 5.74. The van der Waals surface area contributed by atoms with E-state index in [1.807, 2.05) is 0 Å². The topological polar surface area (TPSA) is 55.4 Å². The molecule has 0 aromatic heterocycles. The molecule has 4 nitrogen and oxygen atoms in total. The lowest BCUT2D eigenvalue weighted by Crippen LogP contribution is -2.23. The van der Waals surface area contributed by atoms with Crippen LogP contribution in [0.1, 0.15) is 26.3 Å². The first-order chi connectivity index (χ1) is 13.0. The van der Waals surface area contributed by atoms with Crippen LogP contribution in [0, 0.1) is 11.6 Å². The fourth-order valence-electron chi connectivity index (χ4n) is 2.39. The van der Waals surface area contributed by atoms with Crippen molar-refractivity contribution in [1.82, 2.24) is 5.32 Å². The van der Waals surface area contributed by atoms with Gasteiger partial charge in [0.05, 0.1) is 5.56 Å². The first-order valence-corrected chi connectivity index (χ1v) is 8.10. The summed E-state index contributed by atoms with van der Waals surface area (Å²) in [6.45, 7) is 0.199. The average Bonchev–Trinajstić information content (AvgIpc) is 2.69. The smallest absolute Gasteiger partial charge is 0.255 e. The number of rotatable bonds is 6. The first-order valence-electron chi connectivity index (χ1n) is 8.10. The van der Waals surface area contributed by atoms with E-state index in [4.69, 9.17) is 4.74 Å². The van der Waals surface area contributed by atoms with Crippen LogP contribution in [-0.4, -0.2) is 12.2 Å². The van der Waals surface area contributed by atoms with Gasteiger partial charge in [0.15, 0.2) is 0 Å². The summed E-state index contributed by atoms with van der Waals surface area (Å²) in [6.07, 6.45) is 0.730. The van der Waals surface area contributed by atoms with Crippen molar-refractivity contribution in [3.63, 3.8) is 0 Å². The summed E-state index contributed by atoms with van der Waals surface area (Å²) >= 11 is 0. The molecule has 1 amide bonds. The van der Waals surface area contributed by atoms with Crippen LogP contribution in [0.2, 0.25) is 0 Å². The predicted molar refractivity (Wildman–Crippen MR) is 95.9 cm³/mol. The largest absolute Gasteiger partial charge is 0.457 e. The van der Waals surface area contributed by atoms with Gasteiger partial charge in [0.2, 0.25) is 0 Å². The summed E-state index contributed by atoms with van der Waals surface area (Å²) in [5.74, 6) is -1.05. The number of amides is 1. The Hall–Kier alpha value is -3.54. The molecule has 136 valence electrons. The Morgan fingerprint density at radius 2 is 1.59 bits per heavy atom. The van der Waals surface area contributed by atoms with Crippen LogP contribution < -0.4 is 10.1 Å². The molecule has 0 aliphatic carbocycles. The summed E-state index contributed by atoms with van der Waals surface area (Å²) in [5, 5.41) is 2.68. The highest BCUT2D eigenvalue weighted by atomic mass is 19.1. The molecule has 27 heavy (non-hydrogen) atoms. The van der Waals surface area contributed by atoms with Crippen LogP contribution in [0.15, 0.2) is 66.7 Å². The van der Waals surface area contributed by atoms with Gasteiger partial charge in [0, 0.05) is 12.1 Å². The molecule has 6 heteroatoms. The number of carbonyl (C=O) groups is 2. The van der Waals surface area contributed by atoms with Crippen molar-refractivity contribution in [1.29, 1.82) is 0 Å². The SMILES string of the molecule is O=Cc1ccc(CNC(=O)c2cc(F)ccc2Oc2ccc(F)cc2)cc1. The Bertz CT molecular complexity index is 954. The normalized spacial score (nSPS) is 10.3. The molecule has 0 atom stereocenters. The molecule has 0 saturated heterocycles. The minimum absolute atomic E-state index is 0.0174. The molecule has 0 aliphatic rings. The average molecular weight is 367 g/mol. The molecule has 0 heterocycles. The highest BCUT2D eigenvalue weighted by Gasteiger charge is 2.15. The highest BCUT2D eigenvalue weighted by Crippen LogP contribution is 2.26. The Kier molecular flexibility index (Phi) is 5.56. The maximum absolute atomic E-state index is 13.6.